The zero-order chi connectivity index (χ0) is 14.1. The molecular weight excluding hydrogens is 270 g/mol. The number of hydrogen-bond donors (Lipinski definition) is 1. The minimum absolute atomic E-state index is 0.157. The Balaban J connectivity index is 1.77. The molecule has 0 bridgehead atoms. The van der Waals surface area contributed by atoms with Crippen LogP contribution in [0.5, 0.6) is 0 Å². The van der Waals surface area contributed by atoms with Crippen LogP contribution in [0.2, 0.25) is 0 Å². The first-order valence-electron chi connectivity index (χ1n) is 7.70. The summed E-state index contributed by atoms with van der Waals surface area (Å²) in [5.41, 5.74) is 6.51. The van der Waals surface area contributed by atoms with Gasteiger partial charge >= 0.3 is 0 Å². The van der Waals surface area contributed by atoms with Gasteiger partial charge in [0.2, 0.25) is 0 Å². The average molecular weight is 293 g/mol. The number of nitrogens with zero attached hydrogens (tertiary/aromatic N) is 2. The number of aromatic nitrogens is 1. The van der Waals surface area contributed by atoms with Gasteiger partial charge in [0, 0.05) is 12.6 Å². The highest BCUT2D eigenvalue weighted by Crippen LogP contribution is 2.35. The first kappa shape index (κ1) is 13.9. The summed E-state index contributed by atoms with van der Waals surface area (Å²) in [4.78, 5) is 19.8. The molecule has 110 valence electrons. The molecule has 5 heteroatoms. The minimum Gasteiger partial charge on any atom is -0.375 e. The lowest BCUT2D eigenvalue weighted by atomic mass is 9.83. The van der Waals surface area contributed by atoms with Crippen molar-refractivity contribution in [3.63, 3.8) is 0 Å². The standard InChI is InChI=1S/C15H23N3OS/c1-10-13(20-15(16)17-10)14(19)18-9-5-8-12(18)11-6-3-2-4-7-11/h11-12H,2-9H2,1H3,(H2,16,17). The second-order valence-electron chi connectivity index (χ2n) is 6.07. The molecule has 2 aliphatic rings. The van der Waals surface area contributed by atoms with Gasteiger partial charge in [-0.15, -0.1) is 0 Å². The number of likely N-dealkylation sites (tertiary alicyclic amines) is 1. The number of rotatable bonds is 2. The molecule has 4 nitrogen and oxygen atoms in total. The Morgan fingerprint density at radius 2 is 2.00 bits per heavy atom. The van der Waals surface area contributed by atoms with E-state index in [9.17, 15) is 4.79 Å². The Labute approximate surface area is 124 Å². The van der Waals surface area contributed by atoms with E-state index >= 15 is 0 Å². The molecule has 3 rings (SSSR count). The zero-order valence-electron chi connectivity index (χ0n) is 12.1. The summed E-state index contributed by atoms with van der Waals surface area (Å²) in [5.74, 6) is 0.866. The van der Waals surface area contributed by atoms with Crippen LogP contribution in [-0.2, 0) is 0 Å². The van der Waals surface area contributed by atoms with Gasteiger partial charge in [0.1, 0.15) is 4.88 Å². The van der Waals surface area contributed by atoms with E-state index in [0.717, 1.165) is 23.5 Å². The van der Waals surface area contributed by atoms with Crippen molar-refractivity contribution >= 4 is 22.4 Å². The van der Waals surface area contributed by atoms with E-state index in [-0.39, 0.29) is 5.91 Å². The number of carbonyl (C=O) groups excluding carboxylic acids is 1. The molecule has 1 atom stereocenters. The van der Waals surface area contributed by atoms with E-state index in [4.69, 9.17) is 5.73 Å². The van der Waals surface area contributed by atoms with Crippen molar-refractivity contribution in [2.24, 2.45) is 5.92 Å². The van der Waals surface area contributed by atoms with E-state index in [2.05, 4.69) is 9.88 Å². The monoisotopic (exact) mass is 293 g/mol. The Kier molecular flexibility index (Phi) is 3.96. The summed E-state index contributed by atoms with van der Waals surface area (Å²) < 4.78 is 0. The van der Waals surface area contributed by atoms with Crippen molar-refractivity contribution in [2.75, 3.05) is 12.3 Å². The van der Waals surface area contributed by atoms with Gasteiger partial charge in [0.05, 0.1) is 5.69 Å². The van der Waals surface area contributed by atoms with Gasteiger partial charge < -0.3 is 10.6 Å². The summed E-state index contributed by atoms with van der Waals surface area (Å²) in [6.45, 7) is 2.78. The van der Waals surface area contributed by atoms with Gasteiger partial charge in [-0.2, -0.15) is 0 Å². The smallest absolute Gasteiger partial charge is 0.266 e. The maximum Gasteiger partial charge on any atom is 0.266 e. The van der Waals surface area contributed by atoms with Crippen LogP contribution in [0.25, 0.3) is 0 Å². The molecule has 20 heavy (non-hydrogen) atoms. The average Bonchev–Trinajstić information content (AvgIpc) is 3.05. The maximum atomic E-state index is 12.8. The second kappa shape index (κ2) is 5.72. The summed E-state index contributed by atoms with van der Waals surface area (Å²) in [6, 6.07) is 0.450. The number of thiazole rings is 1. The number of amides is 1. The highest BCUT2D eigenvalue weighted by Gasteiger charge is 2.36. The SMILES string of the molecule is Cc1nc(N)sc1C(=O)N1CCCC1C1CCCCC1. The molecule has 1 saturated heterocycles. The number of nitrogens with two attached hydrogens (primary N) is 1. The van der Waals surface area contributed by atoms with Crippen molar-refractivity contribution in [3.05, 3.63) is 10.6 Å². The van der Waals surface area contributed by atoms with E-state index in [1.807, 2.05) is 6.92 Å². The van der Waals surface area contributed by atoms with Gasteiger partial charge in [-0.3, -0.25) is 4.79 Å². The van der Waals surface area contributed by atoms with E-state index in [1.165, 1.54) is 49.9 Å². The third kappa shape index (κ3) is 2.55. The van der Waals surface area contributed by atoms with Crippen molar-refractivity contribution in [1.29, 1.82) is 0 Å². The van der Waals surface area contributed by atoms with Crippen LogP contribution < -0.4 is 5.73 Å². The molecule has 1 aromatic heterocycles. The van der Waals surface area contributed by atoms with Crippen molar-refractivity contribution in [3.8, 4) is 0 Å². The summed E-state index contributed by atoms with van der Waals surface area (Å²) in [5, 5.41) is 0.499. The Morgan fingerprint density at radius 3 is 2.65 bits per heavy atom. The minimum atomic E-state index is 0.157. The lowest BCUT2D eigenvalue weighted by Gasteiger charge is -2.34. The first-order chi connectivity index (χ1) is 9.66. The third-order valence-electron chi connectivity index (χ3n) is 4.76. The topological polar surface area (TPSA) is 59.2 Å². The molecule has 0 radical (unpaired) electrons. The molecule has 0 aromatic carbocycles. The van der Waals surface area contributed by atoms with Gasteiger partial charge in [0.15, 0.2) is 5.13 Å². The van der Waals surface area contributed by atoms with Crippen molar-refractivity contribution in [1.82, 2.24) is 9.88 Å². The Morgan fingerprint density at radius 1 is 1.25 bits per heavy atom. The van der Waals surface area contributed by atoms with Crippen LogP contribution >= 0.6 is 11.3 Å². The number of carbonyl (C=O) groups is 1. The first-order valence-corrected chi connectivity index (χ1v) is 8.52. The highest BCUT2D eigenvalue weighted by atomic mass is 32.1. The van der Waals surface area contributed by atoms with Crippen LogP contribution in [-0.4, -0.2) is 28.4 Å². The van der Waals surface area contributed by atoms with Crippen molar-refractivity contribution in [2.45, 2.75) is 57.9 Å². The van der Waals surface area contributed by atoms with E-state index in [1.54, 1.807) is 0 Å². The number of aryl methyl sites for hydroxylation is 1. The molecule has 1 aromatic rings. The molecule has 1 unspecified atom stereocenters. The fourth-order valence-corrected chi connectivity index (χ4v) is 4.59. The lowest BCUT2D eigenvalue weighted by molar-refractivity contribution is 0.0665. The molecule has 2 N–H and O–H groups in total. The van der Waals surface area contributed by atoms with Crippen LogP contribution in [0.3, 0.4) is 0 Å². The fourth-order valence-electron chi connectivity index (χ4n) is 3.80. The fraction of sp³-hybridized carbons (Fsp3) is 0.733. The van der Waals surface area contributed by atoms with Crippen LogP contribution in [0.1, 0.15) is 60.3 Å². The third-order valence-corrected chi connectivity index (χ3v) is 5.74. The normalized spacial score (nSPS) is 24.2. The van der Waals surface area contributed by atoms with Gasteiger partial charge in [-0.25, -0.2) is 4.98 Å². The van der Waals surface area contributed by atoms with Crippen LogP contribution in [0, 0.1) is 12.8 Å². The maximum absolute atomic E-state index is 12.8. The van der Waals surface area contributed by atoms with Gasteiger partial charge in [0.25, 0.3) is 5.91 Å². The Bertz CT molecular complexity index is 493. The highest BCUT2D eigenvalue weighted by molar-refractivity contribution is 7.17. The molecule has 0 spiro atoms. The molecule has 1 saturated carbocycles. The molecular formula is C15H23N3OS. The van der Waals surface area contributed by atoms with Crippen LogP contribution in [0.4, 0.5) is 5.13 Å². The van der Waals surface area contributed by atoms with Crippen molar-refractivity contribution < 1.29 is 4.79 Å². The van der Waals surface area contributed by atoms with Crippen LogP contribution in [0.15, 0.2) is 0 Å². The number of nitrogen functional groups attached to an aromatic ring is 1. The molecule has 1 aliphatic carbocycles. The number of hydrogen-bond acceptors (Lipinski definition) is 4. The number of anilines is 1. The van der Waals surface area contributed by atoms with E-state index < -0.39 is 0 Å². The summed E-state index contributed by atoms with van der Waals surface area (Å²) >= 11 is 1.33. The second-order valence-corrected chi connectivity index (χ2v) is 7.10. The molecule has 1 amide bonds. The quantitative estimate of drug-likeness (QED) is 0.910. The molecule has 2 fully saturated rings. The Hall–Kier alpha value is -1.10. The van der Waals surface area contributed by atoms with Gasteiger partial charge in [-0.05, 0) is 38.5 Å². The summed E-state index contributed by atoms with van der Waals surface area (Å²) in [6.07, 6.45) is 8.91. The predicted molar refractivity (Wildman–Crippen MR) is 81.9 cm³/mol. The summed E-state index contributed by atoms with van der Waals surface area (Å²) in [7, 11) is 0. The largest absolute Gasteiger partial charge is 0.375 e. The lowest BCUT2D eigenvalue weighted by Crippen LogP contribution is -2.40. The van der Waals surface area contributed by atoms with Gasteiger partial charge in [-0.1, -0.05) is 30.6 Å². The molecule has 1 aliphatic heterocycles. The molecule has 2 heterocycles. The van der Waals surface area contributed by atoms with E-state index in [0.29, 0.717) is 17.1 Å². The predicted octanol–water partition coefficient (Wildman–Crippen LogP) is 3.22. The zero-order valence-corrected chi connectivity index (χ0v) is 12.9.